The number of ether oxygens (including phenoxy) is 2. The van der Waals surface area contributed by atoms with Crippen molar-refractivity contribution in [1.29, 1.82) is 0 Å². The molecular weight excluding hydrogens is 448 g/mol. The molecule has 1 aliphatic rings. The van der Waals surface area contributed by atoms with E-state index in [9.17, 15) is 14.7 Å². The first kappa shape index (κ1) is 18.6. The lowest BCUT2D eigenvalue weighted by atomic mass is 9.95. The number of carbonyl (C=O) groups excluding carboxylic acids is 2. The molecule has 0 unspecified atom stereocenters. The van der Waals surface area contributed by atoms with Crippen molar-refractivity contribution in [3.8, 4) is 11.5 Å². The number of hydrogen-bond donors (Lipinski definition) is 3. The van der Waals surface area contributed by atoms with E-state index >= 15 is 0 Å². The second kappa shape index (κ2) is 7.43. The summed E-state index contributed by atoms with van der Waals surface area (Å²) in [5, 5.41) is 15.3. The number of nitrogens with one attached hydrogen (secondary N) is 2. The van der Waals surface area contributed by atoms with Crippen LogP contribution in [0.25, 0.3) is 0 Å². The maximum Gasteiger partial charge on any atom is 0.338 e. The topological polar surface area (TPSA) is 96.9 Å². The van der Waals surface area contributed by atoms with E-state index in [1.165, 1.54) is 7.11 Å². The average Bonchev–Trinajstić information content (AvgIpc) is 2.52. The summed E-state index contributed by atoms with van der Waals surface area (Å²) in [7, 11) is 1.41. The van der Waals surface area contributed by atoms with Crippen molar-refractivity contribution in [2.24, 2.45) is 0 Å². The molecule has 1 aromatic rings. The number of allylic oxidation sites excluding steroid dienone is 1. The van der Waals surface area contributed by atoms with Crippen molar-refractivity contribution >= 4 is 43.9 Å². The molecule has 2 rings (SSSR count). The fraction of sp³-hybridized carbons (Fsp3) is 0.333. The Morgan fingerprint density at radius 1 is 1.38 bits per heavy atom. The first-order valence-corrected chi connectivity index (χ1v) is 8.60. The van der Waals surface area contributed by atoms with Crippen molar-refractivity contribution in [2.45, 2.75) is 19.9 Å². The molecular formula is C15H16Br2N2O5. The molecule has 0 aliphatic carbocycles. The molecule has 0 radical (unpaired) electrons. The van der Waals surface area contributed by atoms with Crippen LogP contribution >= 0.6 is 31.9 Å². The summed E-state index contributed by atoms with van der Waals surface area (Å²) in [6.45, 7) is 3.53. The molecule has 1 heterocycles. The monoisotopic (exact) mass is 462 g/mol. The predicted molar refractivity (Wildman–Crippen MR) is 93.8 cm³/mol. The molecule has 7 nitrogen and oxygen atoms in total. The van der Waals surface area contributed by atoms with Gasteiger partial charge in [0.2, 0.25) is 0 Å². The van der Waals surface area contributed by atoms with Gasteiger partial charge >= 0.3 is 12.0 Å². The summed E-state index contributed by atoms with van der Waals surface area (Å²) in [4.78, 5) is 24.2. The van der Waals surface area contributed by atoms with Crippen LogP contribution in [-0.4, -0.2) is 30.8 Å². The van der Waals surface area contributed by atoms with Crippen LogP contribution in [0.3, 0.4) is 0 Å². The normalized spacial score (nSPS) is 17.2. The zero-order chi connectivity index (χ0) is 18.0. The van der Waals surface area contributed by atoms with Crippen LogP contribution in [0.5, 0.6) is 11.5 Å². The molecule has 1 atom stereocenters. The number of halogens is 2. The third-order valence-corrected chi connectivity index (χ3v) is 5.63. The molecule has 0 saturated heterocycles. The molecule has 0 aromatic heterocycles. The molecule has 0 bridgehead atoms. The van der Waals surface area contributed by atoms with E-state index in [4.69, 9.17) is 9.47 Å². The summed E-state index contributed by atoms with van der Waals surface area (Å²) in [6, 6.07) is 0.339. The fourth-order valence-corrected chi connectivity index (χ4v) is 3.34. The lowest BCUT2D eigenvalue weighted by Crippen LogP contribution is -2.45. The highest BCUT2D eigenvalue weighted by atomic mass is 79.9. The van der Waals surface area contributed by atoms with Gasteiger partial charge in [-0.1, -0.05) is 0 Å². The van der Waals surface area contributed by atoms with Gasteiger partial charge in [-0.05, 0) is 57.3 Å². The first-order chi connectivity index (χ1) is 11.3. The second-order valence-electron chi connectivity index (χ2n) is 4.94. The maximum absolute atomic E-state index is 12.3. The van der Waals surface area contributed by atoms with Crippen molar-refractivity contribution < 1.29 is 24.2 Å². The van der Waals surface area contributed by atoms with Gasteiger partial charge in [-0.25, -0.2) is 9.59 Å². The van der Waals surface area contributed by atoms with E-state index in [1.807, 2.05) is 0 Å². The third kappa shape index (κ3) is 3.36. The fourth-order valence-electron chi connectivity index (χ4n) is 2.38. The van der Waals surface area contributed by atoms with Gasteiger partial charge in [-0.15, -0.1) is 0 Å². The molecule has 24 heavy (non-hydrogen) atoms. The quantitative estimate of drug-likeness (QED) is 0.596. The van der Waals surface area contributed by atoms with Crippen molar-refractivity contribution in [1.82, 2.24) is 10.6 Å². The van der Waals surface area contributed by atoms with Gasteiger partial charge in [0.15, 0.2) is 11.5 Å². The summed E-state index contributed by atoms with van der Waals surface area (Å²) >= 11 is 6.65. The van der Waals surface area contributed by atoms with Crippen LogP contribution in [-0.2, 0) is 9.53 Å². The number of carbonyl (C=O) groups is 2. The summed E-state index contributed by atoms with van der Waals surface area (Å²) in [6.07, 6.45) is 0. The maximum atomic E-state index is 12.3. The van der Waals surface area contributed by atoms with Crippen LogP contribution in [0.2, 0.25) is 0 Å². The van der Waals surface area contributed by atoms with Crippen molar-refractivity contribution in [2.75, 3.05) is 13.7 Å². The second-order valence-corrected chi connectivity index (χ2v) is 6.52. The number of methoxy groups -OCH3 is 1. The molecule has 0 saturated carbocycles. The van der Waals surface area contributed by atoms with Crippen LogP contribution in [0, 0.1) is 0 Å². The van der Waals surface area contributed by atoms with Gasteiger partial charge in [0.25, 0.3) is 0 Å². The molecule has 130 valence electrons. The van der Waals surface area contributed by atoms with Crippen LogP contribution in [0.4, 0.5) is 4.79 Å². The smallest absolute Gasteiger partial charge is 0.338 e. The Balaban J connectivity index is 2.64. The minimum absolute atomic E-state index is 0.0910. The number of aromatic hydroxyl groups is 1. The lowest BCUT2D eigenvalue weighted by Gasteiger charge is -2.29. The summed E-state index contributed by atoms with van der Waals surface area (Å²) in [5.41, 5.74) is 1.21. The minimum Gasteiger partial charge on any atom is -0.503 e. The molecule has 2 amide bonds. The van der Waals surface area contributed by atoms with Crippen LogP contribution < -0.4 is 15.4 Å². The Hall–Kier alpha value is -1.74. The van der Waals surface area contributed by atoms with E-state index in [2.05, 4.69) is 42.5 Å². The van der Waals surface area contributed by atoms with Gasteiger partial charge in [0.05, 0.1) is 29.8 Å². The summed E-state index contributed by atoms with van der Waals surface area (Å²) in [5.74, 6) is -0.428. The van der Waals surface area contributed by atoms with Gasteiger partial charge in [0.1, 0.15) is 0 Å². The SMILES string of the molecule is CCOC(=O)C1=C(C)NC(=O)N[C@@H]1c1cc(OC)c(O)c(Br)c1Br. The van der Waals surface area contributed by atoms with E-state index in [1.54, 1.807) is 19.9 Å². The standard InChI is InChI=1S/C15H16Br2N2O5/c1-4-24-14(21)9-6(2)18-15(22)19-12(9)7-5-8(23-3)13(20)11(17)10(7)16/h5,12,20H,4H2,1-3H3,(H2,18,19,22)/t12-/m1/s1. The van der Waals surface area contributed by atoms with Gasteiger partial charge < -0.3 is 25.2 Å². The van der Waals surface area contributed by atoms with Crippen LogP contribution in [0.1, 0.15) is 25.5 Å². The zero-order valence-electron chi connectivity index (χ0n) is 13.2. The van der Waals surface area contributed by atoms with Crippen molar-refractivity contribution in [3.63, 3.8) is 0 Å². The Kier molecular flexibility index (Phi) is 5.76. The number of urea groups is 1. The average molecular weight is 464 g/mol. The Bertz CT molecular complexity index is 733. The number of hydrogen-bond acceptors (Lipinski definition) is 5. The molecule has 9 heteroatoms. The van der Waals surface area contributed by atoms with Gasteiger partial charge in [-0.2, -0.15) is 0 Å². The molecule has 1 aliphatic heterocycles. The van der Waals surface area contributed by atoms with E-state index in [-0.39, 0.29) is 23.7 Å². The number of esters is 1. The minimum atomic E-state index is -0.766. The lowest BCUT2D eigenvalue weighted by molar-refractivity contribution is -0.139. The predicted octanol–water partition coefficient (Wildman–Crippen LogP) is 3.12. The van der Waals surface area contributed by atoms with Crippen LogP contribution in [0.15, 0.2) is 26.3 Å². The number of phenolic OH excluding ortho intramolecular Hbond substituents is 1. The Labute approximate surface area is 155 Å². The summed E-state index contributed by atoms with van der Waals surface area (Å²) < 4.78 is 11.1. The first-order valence-electron chi connectivity index (χ1n) is 7.02. The Morgan fingerprint density at radius 3 is 2.62 bits per heavy atom. The van der Waals surface area contributed by atoms with E-state index in [0.29, 0.717) is 20.2 Å². The molecule has 0 fully saturated rings. The van der Waals surface area contributed by atoms with E-state index in [0.717, 1.165) is 0 Å². The number of benzene rings is 1. The molecule has 3 N–H and O–H groups in total. The number of rotatable bonds is 4. The molecule has 1 aromatic carbocycles. The third-order valence-electron chi connectivity index (χ3n) is 3.47. The van der Waals surface area contributed by atoms with Gasteiger partial charge in [-0.3, -0.25) is 0 Å². The highest BCUT2D eigenvalue weighted by molar-refractivity contribution is 9.13. The number of phenols is 1. The molecule has 0 spiro atoms. The highest BCUT2D eigenvalue weighted by Crippen LogP contribution is 2.45. The zero-order valence-corrected chi connectivity index (χ0v) is 16.4. The van der Waals surface area contributed by atoms with E-state index < -0.39 is 18.0 Å². The Morgan fingerprint density at radius 2 is 2.04 bits per heavy atom. The highest BCUT2D eigenvalue weighted by Gasteiger charge is 2.34. The van der Waals surface area contributed by atoms with Gasteiger partial charge in [0, 0.05) is 10.2 Å². The number of amides is 2. The van der Waals surface area contributed by atoms with Crippen molar-refractivity contribution in [3.05, 3.63) is 31.8 Å². The largest absolute Gasteiger partial charge is 0.503 e.